The van der Waals surface area contributed by atoms with Crippen LogP contribution in [0.25, 0.3) is 0 Å². The molecular formula is C8H9NO2S2. The smallest absolute Gasteiger partial charge is 0.232 e. The van der Waals surface area contributed by atoms with Crippen LogP contribution in [0.1, 0.15) is 5.56 Å². The standard InChI is InChI=1S/C8H9NO2S2/c1-9(13(2,10)11)5-3-8-4-6-12-7-8/h4,6-7H,1-2H3. The third-order valence-corrected chi connectivity index (χ3v) is 3.15. The van der Waals surface area contributed by atoms with Crippen molar-refractivity contribution in [3.05, 3.63) is 22.4 Å². The molecule has 0 saturated carbocycles. The van der Waals surface area contributed by atoms with Gasteiger partial charge in [0, 0.05) is 24.0 Å². The van der Waals surface area contributed by atoms with E-state index in [0.29, 0.717) is 0 Å². The van der Waals surface area contributed by atoms with Gasteiger partial charge in [0.05, 0.1) is 6.26 Å². The van der Waals surface area contributed by atoms with E-state index >= 15 is 0 Å². The first-order valence-corrected chi connectivity index (χ1v) is 6.27. The Labute approximate surface area is 82.1 Å². The normalized spacial score (nSPS) is 10.3. The van der Waals surface area contributed by atoms with Crippen LogP contribution < -0.4 is 0 Å². The highest BCUT2D eigenvalue weighted by atomic mass is 32.2. The van der Waals surface area contributed by atoms with Gasteiger partial charge in [-0.1, -0.05) is 0 Å². The van der Waals surface area contributed by atoms with Crippen molar-refractivity contribution in [3.63, 3.8) is 0 Å². The lowest BCUT2D eigenvalue weighted by Crippen LogP contribution is -2.19. The largest absolute Gasteiger partial charge is 0.238 e. The van der Waals surface area contributed by atoms with Crippen LogP contribution in [0.15, 0.2) is 16.8 Å². The van der Waals surface area contributed by atoms with Crippen molar-refractivity contribution in [2.75, 3.05) is 13.3 Å². The lowest BCUT2D eigenvalue weighted by atomic mass is 10.4. The third kappa shape index (κ3) is 3.09. The third-order valence-electron chi connectivity index (χ3n) is 1.38. The molecule has 0 aliphatic rings. The van der Waals surface area contributed by atoms with E-state index in [1.807, 2.05) is 16.8 Å². The molecule has 70 valence electrons. The fourth-order valence-corrected chi connectivity index (χ4v) is 1.36. The van der Waals surface area contributed by atoms with Crippen molar-refractivity contribution in [3.8, 4) is 12.0 Å². The average Bonchev–Trinajstić information content (AvgIpc) is 2.50. The molecule has 0 aliphatic carbocycles. The van der Waals surface area contributed by atoms with Crippen LogP contribution in [-0.2, 0) is 10.0 Å². The Morgan fingerprint density at radius 1 is 1.54 bits per heavy atom. The Bertz CT molecular complexity index is 422. The molecule has 5 heteroatoms. The molecule has 0 bridgehead atoms. The maximum absolute atomic E-state index is 10.9. The van der Waals surface area contributed by atoms with Crippen molar-refractivity contribution < 1.29 is 8.42 Å². The summed E-state index contributed by atoms with van der Waals surface area (Å²) >= 11 is 1.53. The lowest BCUT2D eigenvalue weighted by molar-refractivity contribution is 0.554. The maximum Gasteiger partial charge on any atom is 0.238 e. The van der Waals surface area contributed by atoms with Crippen LogP contribution in [-0.4, -0.2) is 26.0 Å². The van der Waals surface area contributed by atoms with Crippen LogP contribution in [0.4, 0.5) is 0 Å². The van der Waals surface area contributed by atoms with Gasteiger partial charge < -0.3 is 0 Å². The summed E-state index contributed by atoms with van der Waals surface area (Å²) in [7, 11) is -1.77. The van der Waals surface area contributed by atoms with Gasteiger partial charge in [0.25, 0.3) is 0 Å². The van der Waals surface area contributed by atoms with E-state index in [4.69, 9.17) is 0 Å². The van der Waals surface area contributed by atoms with Crippen molar-refractivity contribution in [2.45, 2.75) is 0 Å². The summed E-state index contributed by atoms with van der Waals surface area (Å²) in [4.78, 5) is 0. The number of hydrogen-bond acceptors (Lipinski definition) is 3. The number of thiophene rings is 1. The molecule has 0 unspecified atom stereocenters. The highest BCUT2D eigenvalue weighted by molar-refractivity contribution is 7.88. The molecule has 13 heavy (non-hydrogen) atoms. The molecule has 1 heterocycles. The summed E-state index contributed by atoms with van der Waals surface area (Å²) in [6.07, 6.45) is 1.12. The summed E-state index contributed by atoms with van der Waals surface area (Å²) in [5.41, 5.74) is 0.834. The highest BCUT2D eigenvalue weighted by Crippen LogP contribution is 2.03. The van der Waals surface area contributed by atoms with Crippen molar-refractivity contribution >= 4 is 21.4 Å². The first-order chi connectivity index (χ1) is 6.00. The average molecular weight is 215 g/mol. The molecule has 0 amide bonds. The number of rotatable bonds is 1. The van der Waals surface area contributed by atoms with Crippen LogP contribution >= 0.6 is 11.3 Å². The molecule has 0 fully saturated rings. The molecule has 1 aromatic heterocycles. The summed E-state index contributed by atoms with van der Waals surface area (Å²) in [6, 6.07) is 4.37. The monoisotopic (exact) mass is 215 g/mol. The zero-order valence-electron chi connectivity index (χ0n) is 7.31. The summed E-state index contributed by atoms with van der Waals surface area (Å²) in [6.45, 7) is 0. The van der Waals surface area contributed by atoms with Gasteiger partial charge >= 0.3 is 0 Å². The Hall–Kier alpha value is -0.990. The molecule has 0 atom stereocenters. The summed E-state index contributed by atoms with van der Waals surface area (Å²) in [5, 5.41) is 3.76. The summed E-state index contributed by atoms with van der Waals surface area (Å²) in [5.74, 6) is 2.74. The molecule has 0 radical (unpaired) electrons. The van der Waals surface area contributed by atoms with Gasteiger partial charge in [0.15, 0.2) is 0 Å². The van der Waals surface area contributed by atoms with E-state index in [1.165, 1.54) is 18.4 Å². The second kappa shape index (κ2) is 3.81. The van der Waals surface area contributed by atoms with Gasteiger partial charge in [-0.2, -0.15) is 11.3 Å². The topological polar surface area (TPSA) is 37.4 Å². The molecule has 1 aromatic rings. The molecule has 0 N–H and O–H groups in total. The van der Waals surface area contributed by atoms with Crippen LogP contribution in [0.5, 0.6) is 0 Å². The molecular weight excluding hydrogens is 206 g/mol. The summed E-state index contributed by atoms with van der Waals surface area (Å²) < 4.78 is 22.8. The van der Waals surface area contributed by atoms with E-state index in [9.17, 15) is 8.42 Å². The fraction of sp³-hybridized carbons (Fsp3) is 0.250. The SMILES string of the molecule is CN(C#Cc1ccsc1)S(C)(=O)=O. The molecule has 0 saturated heterocycles. The van der Waals surface area contributed by atoms with E-state index in [2.05, 4.69) is 12.0 Å². The predicted octanol–water partition coefficient (Wildman–Crippen LogP) is 0.949. The minimum atomic E-state index is -3.19. The van der Waals surface area contributed by atoms with Crippen molar-refractivity contribution in [1.29, 1.82) is 0 Å². The van der Waals surface area contributed by atoms with Gasteiger partial charge in [0.2, 0.25) is 10.0 Å². The lowest BCUT2D eigenvalue weighted by Gasteiger charge is -2.05. The van der Waals surface area contributed by atoms with Crippen LogP contribution in [0, 0.1) is 12.0 Å². The van der Waals surface area contributed by atoms with Gasteiger partial charge in [-0.05, 0) is 17.4 Å². The molecule has 1 rings (SSSR count). The van der Waals surface area contributed by atoms with Gasteiger partial charge in [-0.25, -0.2) is 12.7 Å². The molecule has 0 aromatic carbocycles. The minimum Gasteiger partial charge on any atom is -0.232 e. The minimum absolute atomic E-state index is 0.834. The molecule has 0 aliphatic heterocycles. The van der Waals surface area contributed by atoms with Crippen LogP contribution in [0.3, 0.4) is 0 Å². The Morgan fingerprint density at radius 2 is 2.23 bits per heavy atom. The zero-order chi connectivity index (χ0) is 9.90. The molecule has 3 nitrogen and oxygen atoms in total. The Morgan fingerprint density at radius 3 is 2.69 bits per heavy atom. The van der Waals surface area contributed by atoms with E-state index in [1.54, 1.807) is 0 Å². The Balaban J connectivity index is 2.80. The maximum atomic E-state index is 10.9. The Kier molecular flexibility index (Phi) is 2.96. The van der Waals surface area contributed by atoms with Gasteiger partial charge in [0.1, 0.15) is 0 Å². The zero-order valence-corrected chi connectivity index (χ0v) is 8.95. The molecule has 0 spiro atoms. The second-order valence-corrected chi connectivity index (χ2v) is 5.27. The highest BCUT2D eigenvalue weighted by Gasteiger charge is 2.04. The number of hydrogen-bond donors (Lipinski definition) is 0. The number of sulfonamides is 1. The first kappa shape index (κ1) is 10.1. The van der Waals surface area contributed by atoms with Gasteiger partial charge in [-0.15, -0.1) is 0 Å². The van der Waals surface area contributed by atoms with Crippen molar-refractivity contribution in [2.24, 2.45) is 0 Å². The van der Waals surface area contributed by atoms with Crippen LogP contribution in [0.2, 0.25) is 0 Å². The van der Waals surface area contributed by atoms with E-state index < -0.39 is 10.0 Å². The van der Waals surface area contributed by atoms with E-state index in [-0.39, 0.29) is 0 Å². The van der Waals surface area contributed by atoms with Gasteiger partial charge in [-0.3, -0.25) is 0 Å². The first-order valence-electron chi connectivity index (χ1n) is 3.48. The second-order valence-electron chi connectivity index (χ2n) is 2.48. The fourth-order valence-electron chi connectivity index (χ4n) is 0.562. The predicted molar refractivity (Wildman–Crippen MR) is 53.8 cm³/mol. The van der Waals surface area contributed by atoms with E-state index in [0.717, 1.165) is 16.1 Å². The quantitative estimate of drug-likeness (QED) is 0.516. The van der Waals surface area contributed by atoms with Crippen molar-refractivity contribution in [1.82, 2.24) is 4.31 Å². The number of nitrogens with zero attached hydrogens (tertiary/aromatic N) is 1.